The normalized spacial score (nSPS) is 15.7. The summed E-state index contributed by atoms with van der Waals surface area (Å²) in [6, 6.07) is 14.9. The SMILES string of the molecule is CCOC(=O)c1ccc(S(=O)(=O)N2CCC(C(=O)N(CC)C(C)c3ccc(C#N)cc3)CC2)cc1. The van der Waals surface area contributed by atoms with E-state index in [0.29, 0.717) is 30.5 Å². The zero-order valence-corrected chi connectivity index (χ0v) is 21.1. The van der Waals surface area contributed by atoms with Crippen molar-refractivity contribution in [3.8, 4) is 6.07 Å². The van der Waals surface area contributed by atoms with Crippen molar-refractivity contribution in [2.45, 2.75) is 44.6 Å². The van der Waals surface area contributed by atoms with Gasteiger partial charge in [-0.25, -0.2) is 13.2 Å². The zero-order chi connectivity index (χ0) is 25.6. The van der Waals surface area contributed by atoms with E-state index < -0.39 is 16.0 Å². The van der Waals surface area contributed by atoms with Crippen molar-refractivity contribution in [1.82, 2.24) is 9.21 Å². The van der Waals surface area contributed by atoms with Crippen molar-refractivity contribution in [3.05, 3.63) is 65.2 Å². The lowest BCUT2D eigenvalue weighted by Crippen LogP contribution is -2.45. The lowest BCUT2D eigenvalue weighted by Gasteiger charge is -2.36. The van der Waals surface area contributed by atoms with Crippen LogP contribution in [0.15, 0.2) is 53.4 Å². The molecule has 0 aromatic heterocycles. The Hall–Kier alpha value is -3.22. The molecule has 0 bridgehead atoms. The third-order valence-electron chi connectivity index (χ3n) is 6.42. The number of ether oxygens (including phenoxy) is 1. The van der Waals surface area contributed by atoms with E-state index in [9.17, 15) is 18.0 Å². The number of nitriles is 1. The molecule has 0 spiro atoms. The molecule has 0 radical (unpaired) electrons. The third kappa shape index (κ3) is 5.89. The molecule has 1 amide bonds. The fourth-order valence-corrected chi connectivity index (χ4v) is 5.81. The minimum absolute atomic E-state index is 0.0141. The molecule has 0 saturated carbocycles. The number of nitrogens with zero attached hydrogens (tertiary/aromatic N) is 3. The van der Waals surface area contributed by atoms with Crippen molar-refractivity contribution in [3.63, 3.8) is 0 Å². The molecule has 1 unspecified atom stereocenters. The Balaban J connectivity index is 1.64. The first-order valence-electron chi connectivity index (χ1n) is 11.8. The summed E-state index contributed by atoms with van der Waals surface area (Å²) in [4.78, 5) is 27.1. The Labute approximate surface area is 207 Å². The van der Waals surface area contributed by atoms with E-state index in [-0.39, 0.29) is 42.5 Å². The van der Waals surface area contributed by atoms with Gasteiger partial charge in [0, 0.05) is 25.6 Å². The third-order valence-corrected chi connectivity index (χ3v) is 8.33. The Kier molecular flexibility index (Phi) is 8.65. The lowest BCUT2D eigenvalue weighted by atomic mass is 9.95. The highest BCUT2D eigenvalue weighted by atomic mass is 32.2. The highest BCUT2D eigenvalue weighted by Gasteiger charge is 2.34. The molecule has 1 aliphatic rings. The van der Waals surface area contributed by atoms with Crippen LogP contribution >= 0.6 is 0 Å². The van der Waals surface area contributed by atoms with Gasteiger partial charge in [0.15, 0.2) is 0 Å². The summed E-state index contributed by atoms with van der Waals surface area (Å²) in [5.74, 6) is -0.736. The first kappa shape index (κ1) is 26.4. The molecular weight excluding hydrogens is 466 g/mol. The van der Waals surface area contributed by atoms with Gasteiger partial charge in [0.2, 0.25) is 15.9 Å². The molecule has 0 N–H and O–H groups in total. The van der Waals surface area contributed by atoms with Crippen LogP contribution < -0.4 is 0 Å². The van der Waals surface area contributed by atoms with E-state index in [1.807, 2.05) is 30.9 Å². The number of amides is 1. The molecule has 2 aromatic rings. The quantitative estimate of drug-likeness (QED) is 0.514. The maximum absolute atomic E-state index is 13.3. The van der Waals surface area contributed by atoms with E-state index in [1.54, 1.807) is 19.1 Å². The van der Waals surface area contributed by atoms with E-state index >= 15 is 0 Å². The fourth-order valence-electron chi connectivity index (χ4n) is 4.34. The minimum Gasteiger partial charge on any atom is -0.462 e. The first-order chi connectivity index (χ1) is 16.7. The fraction of sp³-hybridized carbons (Fsp3) is 0.423. The number of carbonyl (C=O) groups is 2. The van der Waals surface area contributed by atoms with Crippen LogP contribution in [0.4, 0.5) is 0 Å². The maximum atomic E-state index is 13.3. The smallest absolute Gasteiger partial charge is 0.338 e. The van der Waals surface area contributed by atoms with Gasteiger partial charge in [0.1, 0.15) is 0 Å². The number of sulfonamides is 1. The first-order valence-corrected chi connectivity index (χ1v) is 13.2. The van der Waals surface area contributed by atoms with Gasteiger partial charge in [-0.15, -0.1) is 0 Å². The largest absolute Gasteiger partial charge is 0.462 e. The van der Waals surface area contributed by atoms with Crippen molar-refractivity contribution in [1.29, 1.82) is 5.26 Å². The van der Waals surface area contributed by atoms with Crippen molar-refractivity contribution in [2.75, 3.05) is 26.2 Å². The second-order valence-electron chi connectivity index (χ2n) is 8.46. The summed E-state index contributed by atoms with van der Waals surface area (Å²) >= 11 is 0. The average molecular weight is 498 g/mol. The predicted molar refractivity (Wildman–Crippen MR) is 131 cm³/mol. The van der Waals surface area contributed by atoms with Crippen LogP contribution in [-0.2, 0) is 19.6 Å². The Morgan fingerprint density at radius 3 is 2.20 bits per heavy atom. The van der Waals surface area contributed by atoms with E-state index in [2.05, 4.69) is 6.07 Å². The molecule has 186 valence electrons. The molecule has 2 aromatic carbocycles. The lowest BCUT2D eigenvalue weighted by molar-refractivity contribution is -0.138. The number of benzene rings is 2. The number of piperidine rings is 1. The number of rotatable bonds is 8. The Bertz CT molecular complexity index is 1180. The van der Waals surface area contributed by atoms with Crippen LogP contribution in [0.5, 0.6) is 0 Å². The average Bonchev–Trinajstić information content (AvgIpc) is 2.89. The predicted octanol–water partition coefficient (Wildman–Crippen LogP) is 3.75. The number of esters is 1. The van der Waals surface area contributed by atoms with Crippen LogP contribution in [0, 0.1) is 17.2 Å². The second-order valence-corrected chi connectivity index (χ2v) is 10.4. The zero-order valence-electron chi connectivity index (χ0n) is 20.3. The van der Waals surface area contributed by atoms with Crippen LogP contribution in [-0.4, -0.2) is 55.7 Å². The van der Waals surface area contributed by atoms with E-state index in [4.69, 9.17) is 10.00 Å². The molecule has 9 heteroatoms. The van der Waals surface area contributed by atoms with Crippen molar-refractivity contribution < 1.29 is 22.7 Å². The summed E-state index contributed by atoms with van der Waals surface area (Å²) in [5, 5.41) is 9.01. The van der Waals surface area contributed by atoms with Crippen LogP contribution in [0.2, 0.25) is 0 Å². The van der Waals surface area contributed by atoms with Crippen molar-refractivity contribution in [2.24, 2.45) is 5.92 Å². The molecule has 3 rings (SSSR count). The molecule has 1 aliphatic heterocycles. The van der Waals surface area contributed by atoms with Gasteiger partial charge < -0.3 is 9.64 Å². The van der Waals surface area contributed by atoms with Crippen molar-refractivity contribution >= 4 is 21.9 Å². The highest BCUT2D eigenvalue weighted by molar-refractivity contribution is 7.89. The van der Waals surface area contributed by atoms with Gasteiger partial charge in [-0.1, -0.05) is 12.1 Å². The summed E-state index contributed by atoms with van der Waals surface area (Å²) in [6.45, 7) is 6.88. The molecule has 0 aliphatic carbocycles. The monoisotopic (exact) mass is 497 g/mol. The summed E-state index contributed by atoms with van der Waals surface area (Å²) < 4.78 is 32.5. The van der Waals surface area contributed by atoms with Gasteiger partial charge in [-0.05, 0) is 75.6 Å². The topological polar surface area (TPSA) is 108 Å². The molecule has 1 atom stereocenters. The molecule has 1 saturated heterocycles. The molecule has 1 heterocycles. The van der Waals surface area contributed by atoms with Gasteiger partial charge >= 0.3 is 5.97 Å². The van der Waals surface area contributed by atoms with Gasteiger partial charge in [0.25, 0.3) is 0 Å². The summed E-state index contributed by atoms with van der Waals surface area (Å²) in [7, 11) is -3.73. The number of hydrogen-bond donors (Lipinski definition) is 0. The molecular formula is C26H31N3O5S. The summed E-state index contributed by atoms with van der Waals surface area (Å²) in [6.07, 6.45) is 0.880. The minimum atomic E-state index is -3.73. The number of carbonyl (C=O) groups excluding carboxylic acids is 2. The maximum Gasteiger partial charge on any atom is 0.338 e. The van der Waals surface area contributed by atoms with Gasteiger partial charge in [-0.3, -0.25) is 4.79 Å². The van der Waals surface area contributed by atoms with Gasteiger partial charge in [0.05, 0.1) is 34.7 Å². The van der Waals surface area contributed by atoms with Crippen LogP contribution in [0.25, 0.3) is 0 Å². The van der Waals surface area contributed by atoms with E-state index in [1.165, 1.54) is 28.6 Å². The summed E-state index contributed by atoms with van der Waals surface area (Å²) in [5.41, 5.74) is 1.82. The molecule has 8 nitrogen and oxygen atoms in total. The molecule has 1 fully saturated rings. The molecule has 35 heavy (non-hydrogen) atoms. The highest BCUT2D eigenvalue weighted by Crippen LogP contribution is 2.29. The number of hydrogen-bond acceptors (Lipinski definition) is 6. The standard InChI is InChI=1S/C26H31N3O5S/c1-4-29(19(3)21-8-6-20(18-27)7-9-21)25(30)22-14-16-28(17-15-22)35(32,33)24-12-10-23(11-13-24)26(31)34-5-2/h6-13,19,22H,4-5,14-17H2,1-3H3. The second kappa shape index (κ2) is 11.5. The van der Waals surface area contributed by atoms with E-state index in [0.717, 1.165) is 5.56 Å². The van der Waals surface area contributed by atoms with Crippen LogP contribution in [0.1, 0.15) is 61.1 Å². The Morgan fingerprint density at radius 1 is 1.09 bits per heavy atom. The Morgan fingerprint density at radius 2 is 1.69 bits per heavy atom. The van der Waals surface area contributed by atoms with Crippen LogP contribution in [0.3, 0.4) is 0 Å². The van der Waals surface area contributed by atoms with Gasteiger partial charge in [-0.2, -0.15) is 9.57 Å².